The summed E-state index contributed by atoms with van der Waals surface area (Å²) in [7, 11) is -7.60. The quantitative estimate of drug-likeness (QED) is 0.0470. The minimum atomic E-state index is -3.80. The highest BCUT2D eigenvalue weighted by Gasteiger charge is 2.35. The molecule has 0 aliphatic heterocycles. The molecule has 0 spiro atoms. The first kappa shape index (κ1) is 86.7. The molecule has 0 heterocycles. The number of carbonyl (C=O) groups is 1. The first-order valence-electron chi connectivity index (χ1n) is 39.4. The van der Waals surface area contributed by atoms with Gasteiger partial charge in [0.2, 0.25) is 0 Å². The van der Waals surface area contributed by atoms with Crippen molar-refractivity contribution in [3.05, 3.63) is 0 Å². The smallest absolute Gasteiger partial charge is 0.344 e. The Morgan fingerprint density at radius 2 is 0.368 bits per heavy atom. The molecule has 0 amide bonds. The second-order valence-electron chi connectivity index (χ2n) is 27.3. The van der Waals surface area contributed by atoms with Gasteiger partial charge < -0.3 is 23.2 Å². The zero-order valence-corrected chi connectivity index (χ0v) is 61.1. The van der Waals surface area contributed by atoms with Crippen molar-refractivity contribution in [2.45, 2.75) is 439 Å². The number of hydrogen-bond donors (Lipinski definition) is 1. The van der Waals surface area contributed by atoms with Crippen molar-refractivity contribution < 1.29 is 37.1 Å². The van der Waals surface area contributed by atoms with Crippen molar-refractivity contribution >= 4 is 21.2 Å². The molecule has 11 heteroatoms. The molecule has 0 bridgehead atoms. The van der Waals surface area contributed by atoms with Crippen LogP contribution in [0.4, 0.5) is 0 Å². The van der Waals surface area contributed by atoms with E-state index < -0.39 is 27.7 Å². The lowest BCUT2D eigenvalue weighted by molar-refractivity contribution is -0.137. The Labute approximate surface area is 544 Å². The molecular formula is C76H155NO8P2. The molecule has 0 atom stereocenters. The number of hydrogen-bond acceptors (Lipinski definition) is 8. The number of unbranched alkanes of at least 4 members (excludes halogenated alkanes) is 60. The lowest BCUT2D eigenvalue weighted by atomic mass is 10.0. The molecule has 1 N–H and O–H groups in total. The zero-order valence-electron chi connectivity index (χ0n) is 59.4. The summed E-state index contributed by atoms with van der Waals surface area (Å²) in [6, 6.07) is 0. The molecule has 522 valence electrons. The average Bonchev–Trinajstić information content (AvgIpc) is 3.18. The van der Waals surface area contributed by atoms with Crippen LogP contribution in [0.5, 0.6) is 0 Å². The Bertz CT molecular complexity index is 1260. The van der Waals surface area contributed by atoms with Crippen LogP contribution < -0.4 is 0 Å². The van der Waals surface area contributed by atoms with Crippen molar-refractivity contribution in [3.8, 4) is 0 Å². The summed E-state index contributed by atoms with van der Waals surface area (Å²) in [4.78, 5) is 14.0. The molecule has 0 saturated carbocycles. The monoisotopic (exact) mass is 1270 g/mol. The first-order valence-corrected chi connectivity index (χ1v) is 42.9. The lowest BCUT2D eigenvalue weighted by Gasteiger charge is -2.29. The van der Waals surface area contributed by atoms with Crippen LogP contribution in [-0.2, 0) is 32.0 Å². The van der Waals surface area contributed by atoms with Crippen molar-refractivity contribution in [1.29, 1.82) is 0 Å². The molecule has 0 aromatic carbocycles. The molecule has 0 fully saturated rings. The van der Waals surface area contributed by atoms with Crippen molar-refractivity contribution in [2.24, 2.45) is 0 Å². The van der Waals surface area contributed by atoms with E-state index in [-0.39, 0.29) is 12.6 Å². The fourth-order valence-electron chi connectivity index (χ4n) is 12.5. The molecule has 9 nitrogen and oxygen atoms in total. The minimum absolute atomic E-state index is 0.258. The molecule has 0 aromatic heterocycles. The largest absolute Gasteiger partial charge is 0.480 e. The molecule has 0 radical (unpaired) electrons. The third-order valence-corrected chi connectivity index (χ3v) is 22.0. The zero-order chi connectivity index (χ0) is 63.2. The maximum absolute atomic E-state index is 14.8. The number of aliphatic carboxylic acids is 1. The Morgan fingerprint density at radius 1 is 0.241 bits per heavy atom. The van der Waals surface area contributed by atoms with Gasteiger partial charge in [0.15, 0.2) is 0 Å². The summed E-state index contributed by atoms with van der Waals surface area (Å²) in [5.74, 6) is -1.08. The first-order chi connectivity index (χ1) is 42.7. The predicted octanol–water partition coefficient (Wildman–Crippen LogP) is 27.8. The van der Waals surface area contributed by atoms with Crippen molar-refractivity contribution in [2.75, 3.05) is 45.5 Å². The van der Waals surface area contributed by atoms with E-state index in [1.165, 1.54) is 339 Å². The maximum Gasteiger partial charge on any atom is 0.344 e. The van der Waals surface area contributed by atoms with Crippen molar-refractivity contribution in [3.63, 3.8) is 0 Å². The number of carboxylic acids is 1. The molecule has 0 unspecified atom stereocenters. The van der Waals surface area contributed by atoms with Crippen LogP contribution in [0.2, 0.25) is 0 Å². The molecular weight excluding hydrogens is 1120 g/mol. The Morgan fingerprint density at radius 3 is 0.494 bits per heavy atom. The van der Waals surface area contributed by atoms with E-state index in [9.17, 15) is 19.0 Å². The van der Waals surface area contributed by atoms with Gasteiger partial charge in [0.25, 0.3) is 0 Å². The summed E-state index contributed by atoms with van der Waals surface area (Å²) < 4.78 is 54.5. The Kier molecular flexibility index (Phi) is 71.4. The van der Waals surface area contributed by atoms with Gasteiger partial charge in [-0.05, 0) is 25.7 Å². The molecule has 0 aromatic rings. The summed E-state index contributed by atoms with van der Waals surface area (Å²) in [5.41, 5.74) is 0. The van der Waals surface area contributed by atoms with E-state index in [0.29, 0.717) is 26.4 Å². The standard InChI is InChI=1S/C76H155NO8P2/c1-5-9-13-17-21-25-29-33-37-41-45-49-53-57-61-65-69-82-86(80,83-70-66-62-58-54-50-46-42-38-34-30-26-22-18-14-10-6-2)74-77(73-76(78)79)75-87(81,84-71-67-63-59-55-51-47-43-39-35-31-27-23-19-15-11-7-3)85-72-68-64-60-56-52-48-44-40-36-32-28-24-20-16-12-8-4/h5-75H2,1-4H3,(H,78,79). The van der Waals surface area contributed by atoms with Gasteiger partial charge in [0.1, 0.15) is 12.6 Å². The van der Waals surface area contributed by atoms with Crippen molar-refractivity contribution in [1.82, 2.24) is 4.90 Å². The topological polar surface area (TPSA) is 112 Å². The van der Waals surface area contributed by atoms with Crippen LogP contribution in [-0.4, -0.2) is 61.5 Å². The highest BCUT2D eigenvalue weighted by Crippen LogP contribution is 2.54. The van der Waals surface area contributed by atoms with E-state index >= 15 is 0 Å². The van der Waals surface area contributed by atoms with E-state index in [1.807, 2.05) is 0 Å². The minimum Gasteiger partial charge on any atom is -0.480 e. The SMILES string of the molecule is CCCCCCCCCCCCCCCCCCOP(=O)(CN(CC(=O)O)CP(=O)(OCCCCCCCCCCCCCCCCCC)OCCCCCCCCCCCCCCCCCC)OCCCCCCCCCCCCCCCCCC. The maximum atomic E-state index is 14.8. The third-order valence-electron chi connectivity index (χ3n) is 18.2. The van der Waals surface area contributed by atoms with Crippen LogP contribution in [0, 0.1) is 0 Å². The van der Waals surface area contributed by atoms with E-state index in [0.717, 1.165) is 77.0 Å². The van der Waals surface area contributed by atoms with Gasteiger partial charge >= 0.3 is 21.2 Å². The van der Waals surface area contributed by atoms with Crippen LogP contribution in [0.15, 0.2) is 0 Å². The Balaban J connectivity index is 5.44. The average molecular weight is 1270 g/mol. The normalized spacial score (nSPS) is 12.2. The van der Waals surface area contributed by atoms with Gasteiger partial charge in [0.05, 0.1) is 33.0 Å². The van der Waals surface area contributed by atoms with Crippen LogP contribution >= 0.6 is 15.2 Å². The number of carboxylic acid groups (broad SMARTS) is 1. The van der Waals surface area contributed by atoms with Gasteiger partial charge in [-0.3, -0.25) is 18.8 Å². The highest BCUT2D eigenvalue weighted by atomic mass is 31.2. The van der Waals surface area contributed by atoms with Crippen LogP contribution in [0.25, 0.3) is 0 Å². The van der Waals surface area contributed by atoms with Gasteiger partial charge in [-0.25, -0.2) is 0 Å². The molecule has 87 heavy (non-hydrogen) atoms. The molecule has 0 aliphatic carbocycles. The second kappa shape index (κ2) is 71.6. The van der Waals surface area contributed by atoms with Crippen LogP contribution in [0.3, 0.4) is 0 Å². The number of rotatable bonds is 78. The molecule has 0 aliphatic rings. The fourth-order valence-corrected chi connectivity index (χ4v) is 16.1. The van der Waals surface area contributed by atoms with Gasteiger partial charge in [-0.2, -0.15) is 0 Å². The van der Waals surface area contributed by atoms with Crippen LogP contribution in [0.1, 0.15) is 439 Å². The lowest BCUT2D eigenvalue weighted by Crippen LogP contribution is -2.33. The fraction of sp³-hybridized carbons (Fsp3) is 0.987. The number of nitrogens with zero attached hydrogens (tertiary/aromatic N) is 1. The van der Waals surface area contributed by atoms with E-state index in [4.69, 9.17) is 18.1 Å². The molecule has 0 rings (SSSR count). The van der Waals surface area contributed by atoms with Gasteiger partial charge in [-0.1, -0.05) is 413 Å². The predicted molar refractivity (Wildman–Crippen MR) is 381 cm³/mol. The summed E-state index contributed by atoms with van der Waals surface area (Å²) in [6.07, 6.45) is 80.9. The molecule has 0 saturated heterocycles. The van der Waals surface area contributed by atoms with E-state index in [1.54, 1.807) is 0 Å². The van der Waals surface area contributed by atoms with Gasteiger partial charge in [0, 0.05) is 0 Å². The highest BCUT2D eigenvalue weighted by molar-refractivity contribution is 7.54. The summed E-state index contributed by atoms with van der Waals surface area (Å²) in [6.45, 7) is 9.84. The van der Waals surface area contributed by atoms with E-state index in [2.05, 4.69) is 27.7 Å². The van der Waals surface area contributed by atoms with Gasteiger partial charge in [-0.15, -0.1) is 0 Å². The third kappa shape index (κ3) is 68.4. The second-order valence-corrected chi connectivity index (χ2v) is 31.3. The summed E-state index contributed by atoms with van der Waals surface area (Å²) in [5, 5.41) is 10.2. The summed E-state index contributed by atoms with van der Waals surface area (Å²) >= 11 is 0. The Hall–Kier alpha value is -0.270.